The fourth-order valence-electron chi connectivity index (χ4n) is 1.97. The Labute approximate surface area is 83.7 Å². The molecule has 2 atom stereocenters. The topological polar surface area (TPSA) is 42.6 Å². The lowest BCUT2D eigenvalue weighted by molar-refractivity contribution is -0.0726. The molecule has 1 saturated heterocycles. The molecule has 1 aliphatic rings. The Morgan fingerprint density at radius 3 is 3.00 bits per heavy atom. The van der Waals surface area contributed by atoms with Gasteiger partial charge in [-0.2, -0.15) is 0 Å². The van der Waals surface area contributed by atoms with Gasteiger partial charge in [-0.3, -0.25) is 0 Å². The highest BCUT2D eigenvalue weighted by Crippen LogP contribution is 2.34. The summed E-state index contributed by atoms with van der Waals surface area (Å²) in [5.41, 5.74) is 0.0148. The van der Waals surface area contributed by atoms with Crippen LogP contribution in [0.2, 0.25) is 0 Å². The quantitative estimate of drug-likeness (QED) is 0.785. The van der Waals surface area contributed by atoms with Gasteiger partial charge >= 0.3 is 0 Å². The molecule has 1 aromatic heterocycles. The van der Waals surface area contributed by atoms with E-state index in [0.29, 0.717) is 6.61 Å². The van der Waals surface area contributed by atoms with Crippen LogP contribution >= 0.6 is 0 Å². The fraction of sp³-hybridized carbons (Fsp3) is 0.636. The summed E-state index contributed by atoms with van der Waals surface area (Å²) in [5.74, 6) is 0.175. The van der Waals surface area contributed by atoms with Gasteiger partial charge in [-0.05, 0) is 25.8 Å². The molecule has 1 aromatic rings. The molecule has 0 saturated carbocycles. The first-order chi connectivity index (χ1) is 6.71. The summed E-state index contributed by atoms with van der Waals surface area (Å²) in [7, 11) is 0. The molecule has 2 unspecified atom stereocenters. The first kappa shape index (κ1) is 9.74. The highest BCUT2D eigenvalue weighted by molar-refractivity contribution is 5.16. The lowest BCUT2D eigenvalue weighted by Crippen LogP contribution is -2.37. The normalized spacial score (nSPS) is 27.1. The van der Waals surface area contributed by atoms with E-state index < -0.39 is 5.60 Å². The predicted molar refractivity (Wildman–Crippen MR) is 51.8 cm³/mol. The summed E-state index contributed by atoms with van der Waals surface area (Å²) in [4.78, 5) is 0. The van der Waals surface area contributed by atoms with Crippen molar-refractivity contribution < 1.29 is 14.3 Å². The number of aliphatic hydroxyl groups is 1. The largest absolute Gasteiger partial charge is 0.472 e. The summed E-state index contributed by atoms with van der Waals surface area (Å²) in [6.45, 7) is 3.29. The Balaban J connectivity index is 2.14. The zero-order valence-corrected chi connectivity index (χ0v) is 8.40. The van der Waals surface area contributed by atoms with Gasteiger partial charge in [0.25, 0.3) is 0 Å². The van der Waals surface area contributed by atoms with Crippen LogP contribution in [0.3, 0.4) is 0 Å². The molecule has 2 rings (SSSR count). The van der Waals surface area contributed by atoms with Gasteiger partial charge in [0, 0.05) is 18.1 Å². The summed E-state index contributed by atoms with van der Waals surface area (Å²) in [6, 6.07) is 1.81. The van der Waals surface area contributed by atoms with Gasteiger partial charge in [0.15, 0.2) is 0 Å². The van der Waals surface area contributed by atoms with Gasteiger partial charge in [0.1, 0.15) is 0 Å². The van der Waals surface area contributed by atoms with Gasteiger partial charge in [-0.15, -0.1) is 0 Å². The first-order valence-corrected chi connectivity index (χ1v) is 5.04. The van der Waals surface area contributed by atoms with E-state index in [-0.39, 0.29) is 5.92 Å². The highest BCUT2D eigenvalue weighted by Gasteiger charge is 2.35. The minimum absolute atomic E-state index is 0.175. The van der Waals surface area contributed by atoms with Crippen LogP contribution in [0, 0.1) is 5.92 Å². The maximum absolute atomic E-state index is 10.4. The molecule has 0 bridgehead atoms. The number of furan rings is 1. The van der Waals surface area contributed by atoms with Gasteiger partial charge < -0.3 is 14.3 Å². The average molecular weight is 196 g/mol. The lowest BCUT2D eigenvalue weighted by atomic mass is 9.81. The smallest absolute Gasteiger partial charge is 0.0963 e. The maximum Gasteiger partial charge on any atom is 0.0963 e. The van der Waals surface area contributed by atoms with Crippen LogP contribution in [0.25, 0.3) is 0 Å². The zero-order valence-electron chi connectivity index (χ0n) is 8.40. The molecule has 1 N–H and O–H groups in total. The van der Waals surface area contributed by atoms with Crippen molar-refractivity contribution in [2.75, 3.05) is 13.2 Å². The molecular formula is C11H16O3. The van der Waals surface area contributed by atoms with Crippen molar-refractivity contribution in [3.8, 4) is 0 Å². The molecule has 2 heterocycles. The van der Waals surface area contributed by atoms with Crippen LogP contribution in [-0.4, -0.2) is 18.3 Å². The molecule has 0 aliphatic carbocycles. The highest BCUT2D eigenvalue weighted by atomic mass is 16.5. The van der Waals surface area contributed by atoms with E-state index in [1.54, 1.807) is 12.5 Å². The summed E-state index contributed by atoms with van der Waals surface area (Å²) >= 11 is 0. The van der Waals surface area contributed by atoms with Crippen molar-refractivity contribution in [1.29, 1.82) is 0 Å². The lowest BCUT2D eigenvalue weighted by Gasteiger charge is -2.34. The number of ether oxygens (including phenoxy) is 1. The second-order valence-electron chi connectivity index (χ2n) is 4.07. The van der Waals surface area contributed by atoms with Gasteiger partial charge in [0.05, 0.1) is 24.7 Å². The molecule has 14 heavy (non-hydrogen) atoms. The second kappa shape index (κ2) is 3.75. The number of hydrogen-bond acceptors (Lipinski definition) is 3. The Bertz CT molecular complexity index is 271. The monoisotopic (exact) mass is 196 g/mol. The van der Waals surface area contributed by atoms with Crippen molar-refractivity contribution >= 4 is 0 Å². The van der Waals surface area contributed by atoms with Gasteiger partial charge in [0.2, 0.25) is 0 Å². The van der Waals surface area contributed by atoms with E-state index in [1.807, 2.05) is 13.0 Å². The maximum atomic E-state index is 10.4. The Kier molecular flexibility index (Phi) is 2.61. The summed E-state index contributed by atoms with van der Waals surface area (Å²) in [6.07, 6.45) is 5.24. The van der Waals surface area contributed by atoms with Crippen molar-refractivity contribution in [2.45, 2.75) is 25.4 Å². The molecule has 3 heteroatoms. The second-order valence-corrected chi connectivity index (χ2v) is 4.07. The minimum atomic E-state index is -0.826. The molecule has 3 nitrogen and oxygen atoms in total. The summed E-state index contributed by atoms with van der Waals surface area (Å²) in [5, 5.41) is 10.4. The Morgan fingerprint density at radius 2 is 2.43 bits per heavy atom. The zero-order chi connectivity index (χ0) is 10.0. The molecular weight excluding hydrogens is 180 g/mol. The van der Waals surface area contributed by atoms with Crippen molar-refractivity contribution in [3.63, 3.8) is 0 Å². The van der Waals surface area contributed by atoms with E-state index in [2.05, 4.69) is 0 Å². The van der Waals surface area contributed by atoms with Crippen LogP contribution in [0.4, 0.5) is 0 Å². The van der Waals surface area contributed by atoms with Crippen LogP contribution in [0.1, 0.15) is 25.3 Å². The molecule has 1 aliphatic heterocycles. The standard InChI is InChI=1S/C11H16O3/c1-11(12,10-4-6-14-8-10)9-3-2-5-13-7-9/h4,6,8-9,12H,2-3,5,7H2,1H3. The minimum Gasteiger partial charge on any atom is -0.472 e. The summed E-state index contributed by atoms with van der Waals surface area (Å²) < 4.78 is 10.4. The number of hydrogen-bond donors (Lipinski definition) is 1. The molecule has 0 spiro atoms. The Morgan fingerprint density at radius 1 is 1.57 bits per heavy atom. The van der Waals surface area contributed by atoms with E-state index >= 15 is 0 Å². The van der Waals surface area contributed by atoms with Gasteiger partial charge in [-0.1, -0.05) is 0 Å². The molecule has 0 radical (unpaired) electrons. The van der Waals surface area contributed by atoms with Crippen LogP contribution in [-0.2, 0) is 10.3 Å². The molecule has 78 valence electrons. The van der Waals surface area contributed by atoms with Crippen LogP contribution in [0.5, 0.6) is 0 Å². The Hall–Kier alpha value is -0.800. The van der Waals surface area contributed by atoms with Crippen LogP contribution < -0.4 is 0 Å². The third kappa shape index (κ3) is 1.70. The average Bonchev–Trinajstić information content (AvgIpc) is 2.72. The van der Waals surface area contributed by atoms with Gasteiger partial charge in [-0.25, -0.2) is 0 Å². The van der Waals surface area contributed by atoms with E-state index in [1.165, 1.54) is 0 Å². The van der Waals surface area contributed by atoms with E-state index in [9.17, 15) is 5.11 Å². The van der Waals surface area contributed by atoms with E-state index in [0.717, 1.165) is 25.0 Å². The molecule has 1 fully saturated rings. The van der Waals surface area contributed by atoms with Crippen LogP contribution in [0.15, 0.2) is 23.0 Å². The SMILES string of the molecule is CC(O)(c1ccoc1)C1CCCOC1. The fourth-order valence-corrected chi connectivity index (χ4v) is 1.97. The van der Waals surface area contributed by atoms with Crippen molar-refractivity contribution in [1.82, 2.24) is 0 Å². The third-order valence-corrected chi connectivity index (χ3v) is 3.06. The first-order valence-electron chi connectivity index (χ1n) is 5.04. The third-order valence-electron chi connectivity index (χ3n) is 3.06. The predicted octanol–water partition coefficient (Wildman–Crippen LogP) is 1.91. The van der Waals surface area contributed by atoms with E-state index in [4.69, 9.17) is 9.15 Å². The number of rotatable bonds is 2. The molecule has 0 aromatic carbocycles. The molecule has 0 amide bonds. The van der Waals surface area contributed by atoms with Crippen molar-refractivity contribution in [3.05, 3.63) is 24.2 Å². The van der Waals surface area contributed by atoms with Crippen molar-refractivity contribution in [2.24, 2.45) is 5.92 Å².